The Labute approximate surface area is 93.4 Å². The highest BCUT2D eigenvalue weighted by molar-refractivity contribution is 6.33. The summed E-state index contributed by atoms with van der Waals surface area (Å²) in [6.07, 6.45) is 1.85. The molecule has 0 aliphatic heterocycles. The van der Waals surface area contributed by atoms with E-state index >= 15 is 0 Å². The van der Waals surface area contributed by atoms with Crippen molar-refractivity contribution in [1.29, 1.82) is 0 Å². The van der Waals surface area contributed by atoms with Crippen molar-refractivity contribution in [2.45, 2.75) is 19.8 Å². The number of carbonyl (C=O) groups is 1. The Bertz CT molecular complexity index is 334. The Morgan fingerprint density at radius 3 is 2.87 bits per heavy atom. The van der Waals surface area contributed by atoms with Crippen molar-refractivity contribution in [3.05, 3.63) is 34.6 Å². The number of unbranched alkanes of at least 4 members (excludes halogenated alkanes) is 1. The number of hydrogen-bond donors (Lipinski definition) is 1. The normalized spacial score (nSPS) is 10.1. The van der Waals surface area contributed by atoms with E-state index in [1.807, 2.05) is 6.92 Å². The lowest BCUT2D eigenvalue weighted by Gasteiger charge is -2.06. The average Bonchev–Trinajstić information content (AvgIpc) is 2.18. The van der Waals surface area contributed by atoms with E-state index in [2.05, 4.69) is 5.32 Å². The van der Waals surface area contributed by atoms with E-state index in [-0.39, 0.29) is 10.6 Å². The summed E-state index contributed by atoms with van der Waals surface area (Å²) < 4.78 is 13.3. The minimum Gasteiger partial charge on any atom is -0.352 e. The summed E-state index contributed by atoms with van der Waals surface area (Å²) in [6, 6.07) is 4.19. The van der Waals surface area contributed by atoms with E-state index in [0.29, 0.717) is 6.54 Å². The summed E-state index contributed by atoms with van der Waals surface area (Å²) in [5, 5.41) is 2.76. The van der Waals surface area contributed by atoms with E-state index in [1.165, 1.54) is 18.2 Å². The van der Waals surface area contributed by atoms with Crippen LogP contribution in [0.2, 0.25) is 5.02 Å². The van der Waals surface area contributed by atoms with Gasteiger partial charge in [0.1, 0.15) is 5.82 Å². The van der Waals surface area contributed by atoms with E-state index in [0.717, 1.165) is 12.8 Å². The third-order valence-electron chi connectivity index (χ3n) is 2.01. The van der Waals surface area contributed by atoms with Crippen LogP contribution in [0.3, 0.4) is 0 Å². The van der Waals surface area contributed by atoms with E-state index in [9.17, 15) is 9.18 Å². The number of benzene rings is 1. The first-order valence-electron chi connectivity index (χ1n) is 4.89. The van der Waals surface area contributed by atoms with Crippen LogP contribution in [-0.2, 0) is 0 Å². The van der Waals surface area contributed by atoms with Gasteiger partial charge in [-0.25, -0.2) is 4.39 Å². The van der Waals surface area contributed by atoms with Crippen LogP contribution in [0.15, 0.2) is 18.2 Å². The van der Waals surface area contributed by atoms with Crippen LogP contribution in [0.4, 0.5) is 4.39 Å². The first-order chi connectivity index (χ1) is 7.16. The van der Waals surface area contributed by atoms with E-state index in [1.54, 1.807) is 0 Å². The molecule has 0 unspecified atom stereocenters. The van der Waals surface area contributed by atoms with Crippen molar-refractivity contribution in [1.82, 2.24) is 5.32 Å². The van der Waals surface area contributed by atoms with Crippen LogP contribution < -0.4 is 5.32 Å². The fraction of sp³-hybridized carbons (Fsp3) is 0.364. The zero-order valence-corrected chi connectivity index (χ0v) is 9.27. The molecule has 1 aromatic carbocycles. The minimum atomic E-state index is -0.587. The fourth-order valence-corrected chi connectivity index (χ4v) is 1.43. The van der Waals surface area contributed by atoms with Crippen molar-refractivity contribution in [3.8, 4) is 0 Å². The van der Waals surface area contributed by atoms with Gasteiger partial charge < -0.3 is 5.32 Å². The van der Waals surface area contributed by atoms with Gasteiger partial charge in [0.05, 0.1) is 10.6 Å². The summed E-state index contributed by atoms with van der Waals surface area (Å²) in [7, 11) is 0. The summed E-state index contributed by atoms with van der Waals surface area (Å²) in [5.74, 6) is -1.04. The smallest absolute Gasteiger partial charge is 0.255 e. The molecular formula is C11H13ClFNO. The van der Waals surface area contributed by atoms with Gasteiger partial charge in [-0.2, -0.15) is 0 Å². The second-order valence-electron chi connectivity index (χ2n) is 3.21. The Balaban J connectivity index is 2.73. The molecule has 0 radical (unpaired) electrons. The molecule has 0 fully saturated rings. The monoisotopic (exact) mass is 229 g/mol. The topological polar surface area (TPSA) is 29.1 Å². The number of nitrogens with one attached hydrogen (secondary N) is 1. The molecule has 1 N–H and O–H groups in total. The molecule has 0 saturated carbocycles. The largest absolute Gasteiger partial charge is 0.352 e. The Morgan fingerprint density at radius 2 is 2.27 bits per heavy atom. The van der Waals surface area contributed by atoms with Gasteiger partial charge in [0.2, 0.25) is 0 Å². The standard InChI is InChI=1S/C11H13ClFNO/c1-2-3-7-14-11(15)10-8(12)5-4-6-9(10)13/h4-6H,2-3,7H2,1H3,(H,14,15). The lowest BCUT2D eigenvalue weighted by atomic mass is 10.2. The molecule has 82 valence electrons. The van der Waals surface area contributed by atoms with Crippen molar-refractivity contribution in [2.24, 2.45) is 0 Å². The highest BCUT2D eigenvalue weighted by Crippen LogP contribution is 2.18. The highest BCUT2D eigenvalue weighted by atomic mass is 35.5. The van der Waals surface area contributed by atoms with Gasteiger partial charge in [-0.05, 0) is 18.6 Å². The van der Waals surface area contributed by atoms with Gasteiger partial charge in [-0.3, -0.25) is 4.79 Å². The molecule has 4 heteroatoms. The van der Waals surface area contributed by atoms with Crippen LogP contribution in [0.5, 0.6) is 0 Å². The predicted molar refractivity (Wildman–Crippen MR) is 58.7 cm³/mol. The predicted octanol–water partition coefficient (Wildman–Crippen LogP) is 3.01. The summed E-state index contributed by atoms with van der Waals surface area (Å²) in [5.41, 5.74) is -0.0738. The van der Waals surface area contributed by atoms with Crippen LogP contribution in [0.1, 0.15) is 30.1 Å². The molecule has 0 saturated heterocycles. The third kappa shape index (κ3) is 3.20. The molecule has 0 aromatic heterocycles. The van der Waals surface area contributed by atoms with Crippen molar-refractivity contribution in [2.75, 3.05) is 6.54 Å². The first kappa shape index (κ1) is 12.0. The molecule has 0 aliphatic rings. The number of halogens is 2. The van der Waals surface area contributed by atoms with Crippen molar-refractivity contribution >= 4 is 17.5 Å². The maximum absolute atomic E-state index is 13.3. The molecule has 0 spiro atoms. The van der Waals surface area contributed by atoms with Crippen LogP contribution in [0.25, 0.3) is 0 Å². The molecule has 1 rings (SSSR count). The molecule has 2 nitrogen and oxygen atoms in total. The second kappa shape index (κ2) is 5.71. The average molecular weight is 230 g/mol. The Kier molecular flexibility index (Phi) is 4.56. The third-order valence-corrected chi connectivity index (χ3v) is 2.32. The lowest BCUT2D eigenvalue weighted by Crippen LogP contribution is -2.25. The summed E-state index contributed by atoms with van der Waals surface area (Å²) in [6.45, 7) is 2.56. The Hall–Kier alpha value is -1.09. The molecule has 0 aliphatic carbocycles. The van der Waals surface area contributed by atoms with Gasteiger partial charge in [-0.15, -0.1) is 0 Å². The van der Waals surface area contributed by atoms with Crippen LogP contribution in [0, 0.1) is 5.82 Å². The summed E-state index contributed by atoms with van der Waals surface area (Å²) >= 11 is 5.74. The lowest BCUT2D eigenvalue weighted by molar-refractivity contribution is 0.0949. The van der Waals surface area contributed by atoms with E-state index in [4.69, 9.17) is 11.6 Å². The molecule has 0 atom stereocenters. The van der Waals surface area contributed by atoms with Gasteiger partial charge in [0.25, 0.3) is 5.91 Å². The van der Waals surface area contributed by atoms with Crippen molar-refractivity contribution < 1.29 is 9.18 Å². The molecule has 15 heavy (non-hydrogen) atoms. The maximum Gasteiger partial charge on any atom is 0.255 e. The number of carbonyl (C=O) groups excluding carboxylic acids is 1. The van der Waals surface area contributed by atoms with Gasteiger partial charge >= 0.3 is 0 Å². The zero-order valence-electron chi connectivity index (χ0n) is 8.52. The first-order valence-corrected chi connectivity index (χ1v) is 5.26. The maximum atomic E-state index is 13.3. The minimum absolute atomic E-state index is 0.0738. The van der Waals surface area contributed by atoms with Gasteiger partial charge in [0, 0.05) is 6.54 Å². The molecule has 0 bridgehead atoms. The van der Waals surface area contributed by atoms with E-state index < -0.39 is 11.7 Å². The number of amides is 1. The number of rotatable bonds is 4. The molecule has 1 aromatic rings. The summed E-state index contributed by atoms with van der Waals surface area (Å²) in [4.78, 5) is 11.5. The van der Waals surface area contributed by atoms with Gasteiger partial charge in [-0.1, -0.05) is 31.0 Å². The fourth-order valence-electron chi connectivity index (χ4n) is 1.18. The highest BCUT2D eigenvalue weighted by Gasteiger charge is 2.14. The van der Waals surface area contributed by atoms with Crippen LogP contribution >= 0.6 is 11.6 Å². The van der Waals surface area contributed by atoms with Crippen molar-refractivity contribution in [3.63, 3.8) is 0 Å². The zero-order chi connectivity index (χ0) is 11.3. The van der Waals surface area contributed by atoms with Crippen LogP contribution in [-0.4, -0.2) is 12.5 Å². The number of hydrogen-bond acceptors (Lipinski definition) is 1. The molecule has 1 amide bonds. The Morgan fingerprint density at radius 1 is 1.53 bits per heavy atom. The SMILES string of the molecule is CCCCNC(=O)c1c(F)cccc1Cl. The van der Waals surface area contributed by atoms with Gasteiger partial charge in [0.15, 0.2) is 0 Å². The second-order valence-corrected chi connectivity index (χ2v) is 3.61. The quantitative estimate of drug-likeness (QED) is 0.791. The molecule has 0 heterocycles. The molecular weight excluding hydrogens is 217 g/mol.